The minimum atomic E-state index is -0.806. The third kappa shape index (κ3) is 4.04. The summed E-state index contributed by atoms with van der Waals surface area (Å²) < 4.78 is 13.3. The van der Waals surface area contributed by atoms with Crippen LogP contribution in [-0.4, -0.2) is 41.5 Å². The fourth-order valence-corrected chi connectivity index (χ4v) is 2.83. The first-order valence-electron chi connectivity index (χ1n) is 7.38. The van der Waals surface area contributed by atoms with Crippen molar-refractivity contribution in [3.8, 4) is 0 Å². The highest BCUT2D eigenvalue weighted by molar-refractivity contribution is 6.39. The number of nitrogens with one attached hydrogen (secondary N) is 1. The number of aryl methyl sites for hydroxylation is 1. The zero-order valence-corrected chi connectivity index (χ0v) is 12.8. The lowest BCUT2D eigenvalue weighted by Gasteiger charge is -2.22. The number of rotatable bonds is 3. The topological polar surface area (TPSA) is 69.6 Å². The van der Waals surface area contributed by atoms with Gasteiger partial charge in [0.15, 0.2) is 0 Å². The highest BCUT2D eigenvalue weighted by Crippen LogP contribution is 2.26. The molecule has 0 aliphatic heterocycles. The lowest BCUT2D eigenvalue weighted by molar-refractivity contribution is -0.142. The quantitative estimate of drug-likeness (QED) is 0.835. The van der Waals surface area contributed by atoms with Crippen LogP contribution in [-0.2, 0) is 9.59 Å². The number of hydrogen-bond acceptors (Lipinski definition) is 3. The van der Waals surface area contributed by atoms with Crippen LogP contribution >= 0.6 is 0 Å². The van der Waals surface area contributed by atoms with Crippen LogP contribution < -0.4 is 5.32 Å². The van der Waals surface area contributed by atoms with Crippen molar-refractivity contribution in [1.82, 2.24) is 4.90 Å². The smallest absolute Gasteiger partial charge is 0.313 e. The second kappa shape index (κ2) is 6.87. The van der Waals surface area contributed by atoms with Gasteiger partial charge in [0.1, 0.15) is 5.82 Å². The SMILES string of the molecule is Cc1cc(F)cc(NC(=O)C(=O)N(C)CC2CCCC2O)c1. The Morgan fingerprint density at radius 1 is 1.36 bits per heavy atom. The number of likely N-dealkylation sites (N-methyl/N-ethyl adjacent to an activating group) is 1. The highest BCUT2D eigenvalue weighted by Gasteiger charge is 2.29. The van der Waals surface area contributed by atoms with Crippen LogP contribution in [0.1, 0.15) is 24.8 Å². The predicted octanol–water partition coefficient (Wildman–Crippen LogP) is 1.69. The summed E-state index contributed by atoms with van der Waals surface area (Å²) in [5.41, 5.74) is 0.912. The largest absolute Gasteiger partial charge is 0.393 e. The third-order valence-corrected chi connectivity index (χ3v) is 3.97. The van der Waals surface area contributed by atoms with Gasteiger partial charge in [-0.25, -0.2) is 4.39 Å². The molecule has 5 nitrogen and oxygen atoms in total. The fourth-order valence-electron chi connectivity index (χ4n) is 2.83. The maximum Gasteiger partial charge on any atom is 0.313 e. The molecule has 0 spiro atoms. The van der Waals surface area contributed by atoms with E-state index in [0.717, 1.165) is 19.3 Å². The van der Waals surface area contributed by atoms with Gasteiger partial charge in [0.05, 0.1) is 6.10 Å². The van der Waals surface area contributed by atoms with Gasteiger partial charge in [0.2, 0.25) is 0 Å². The summed E-state index contributed by atoms with van der Waals surface area (Å²) in [6.07, 6.45) is 2.11. The Kier molecular flexibility index (Phi) is 5.13. The lowest BCUT2D eigenvalue weighted by Crippen LogP contribution is -2.41. The minimum absolute atomic E-state index is 0.0122. The van der Waals surface area contributed by atoms with E-state index < -0.39 is 23.7 Å². The van der Waals surface area contributed by atoms with Crippen molar-refractivity contribution in [3.63, 3.8) is 0 Å². The number of aliphatic hydroxyl groups is 1. The number of halogens is 1. The molecule has 1 aromatic carbocycles. The third-order valence-electron chi connectivity index (χ3n) is 3.97. The molecule has 6 heteroatoms. The molecule has 1 aromatic rings. The van der Waals surface area contributed by atoms with Gasteiger partial charge in [0, 0.05) is 25.2 Å². The summed E-state index contributed by atoms with van der Waals surface area (Å²) in [4.78, 5) is 25.3. The minimum Gasteiger partial charge on any atom is -0.393 e. The normalized spacial score (nSPS) is 20.7. The van der Waals surface area contributed by atoms with Crippen LogP contribution in [0.5, 0.6) is 0 Å². The molecule has 1 aliphatic rings. The average Bonchev–Trinajstić information content (AvgIpc) is 2.82. The Bertz CT molecular complexity index is 556. The second-order valence-corrected chi connectivity index (χ2v) is 5.92. The van der Waals surface area contributed by atoms with Crippen molar-refractivity contribution in [3.05, 3.63) is 29.6 Å². The van der Waals surface area contributed by atoms with Crippen LogP contribution in [0.15, 0.2) is 18.2 Å². The van der Waals surface area contributed by atoms with E-state index in [9.17, 15) is 19.1 Å². The molecular formula is C16H21FN2O3. The number of amides is 2. The number of aliphatic hydroxyl groups excluding tert-OH is 1. The lowest BCUT2D eigenvalue weighted by atomic mass is 10.1. The van der Waals surface area contributed by atoms with E-state index in [1.807, 2.05) is 0 Å². The van der Waals surface area contributed by atoms with Gasteiger partial charge in [-0.05, 0) is 43.5 Å². The van der Waals surface area contributed by atoms with Gasteiger partial charge < -0.3 is 15.3 Å². The molecule has 1 aliphatic carbocycles. The first-order chi connectivity index (χ1) is 10.4. The molecule has 2 amide bonds. The van der Waals surface area contributed by atoms with E-state index in [1.165, 1.54) is 24.1 Å². The zero-order valence-electron chi connectivity index (χ0n) is 12.8. The van der Waals surface area contributed by atoms with E-state index in [1.54, 1.807) is 13.0 Å². The van der Waals surface area contributed by atoms with Crippen molar-refractivity contribution in [2.24, 2.45) is 5.92 Å². The molecule has 2 rings (SSSR count). The Morgan fingerprint density at radius 2 is 2.09 bits per heavy atom. The van der Waals surface area contributed by atoms with Crippen molar-refractivity contribution in [1.29, 1.82) is 0 Å². The standard InChI is InChI=1S/C16H21FN2O3/c1-10-6-12(17)8-13(7-10)18-15(21)16(22)19(2)9-11-4-3-5-14(11)20/h6-8,11,14,20H,3-5,9H2,1-2H3,(H,18,21). The monoisotopic (exact) mass is 308 g/mol. The van der Waals surface area contributed by atoms with Crippen LogP contribution in [0, 0.1) is 18.7 Å². The Labute approximate surface area is 129 Å². The number of anilines is 1. The molecule has 1 saturated carbocycles. The molecule has 0 bridgehead atoms. The summed E-state index contributed by atoms with van der Waals surface area (Å²) in [5.74, 6) is -1.95. The average molecular weight is 308 g/mol. The van der Waals surface area contributed by atoms with Crippen LogP contribution in [0.25, 0.3) is 0 Å². The van der Waals surface area contributed by atoms with E-state index in [0.29, 0.717) is 12.1 Å². The van der Waals surface area contributed by atoms with Gasteiger partial charge in [-0.2, -0.15) is 0 Å². The zero-order chi connectivity index (χ0) is 16.3. The maximum atomic E-state index is 13.3. The van der Waals surface area contributed by atoms with Gasteiger partial charge in [-0.1, -0.05) is 6.42 Å². The maximum absolute atomic E-state index is 13.3. The molecule has 120 valence electrons. The Hall–Kier alpha value is -1.95. The van der Waals surface area contributed by atoms with E-state index in [2.05, 4.69) is 5.32 Å². The second-order valence-electron chi connectivity index (χ2n) is 5.92. The summed E-state index contributed by atoms with van der Waals surface area (Å²) in [5, 5.41) is 12.2. The molecule has 2 unspecified atom stereocenters. The van der Waals surface area contributed by atoms with Crippen LogP contribution in [0.4, 0.5) is 10.1 Å². The first kappa shape index (κ1) is 16.4. The predicted molar refractivity (Wildman–Crippen MR) is 80.8 cm³/mol. The molecule has 0 heterocycles. The summed E-state index contributed by atoms with van der Waals surface area (Å²) in [6.45, 7) is 2.05. The fraction of sp³-hybridized carbons (Fsp3) is 0.500. The van der Waals surface area contributed by atoms with Gasteiger partial charge in [-0.3, -0.25) is 9.59 Å². The Morgan fingerprint density at radius 3 is 2.68 bits per heavy atom. The molecule has 1 fully saturated rings. The van der Waals surface area contributed by atoms with E-state index in [4.69, 9.17) is 0 Å². The van der Waals surface area contributed by atoms with Crippen molar-refractivity contribution >= 4 is 17.5 Å². The van der Waals surface area contributed by atoms with E-state index in [-0.39, 0.29) is 11.6 Å². The number of benzene rings is 1. The summed E-state index contributed by atoms with van der Waals surface area (Å²) in [6, 6.07) is 4.10. The molecule has 0 aromatic heterocycles. The summed E-state index contributed by atoms with van der Waals surface area (Å²) >= 11 is 0. The number of carbonyl (C=O) groups is 2. The van der Waals surface area contributed by atoms with Crippen LogP contribution in [0.2, 0.25) is 0 Å². The summed E-state index contributed by atoms with van der Waals surface area (Å²) in [7, 11) is 1.53. The van der Waals surface area contributed by atoms with Crippen LogP contribution in [0.3, 0.4) is 0 Å². The van der Waals surface area contributed by atoms with Gasteiger partial charge in [0.25, 0.3) is 0 Å². The van der Waals surface area contributed by atoms with Crippen molar-refractivity contribution in [2.75, 3.05) is 18.9 Å². The molecule has 2 atom stereocenters. The van der Waals surface area contributed by atoms with E-state index >= 15 is 0 Å². The molecule has 0 saturated heterocycles. The van der Waals surface area contributed by atoms with Crippen molar-refractivity contribution in [2.45, 2.75) is 32.3 Å². The first-order valence-corrected chi connectivity index (χ1v) is 7.38. The van der Waals surface area contributed by atoms with Crippen molar-refractivity contribution < 1.29 is 19.1 Å². The van der Waals surface area contributed by atoms with Gasteiger partial charge in [-0.15, -0.1) is 0 Å². The molecule has 22 heavy (non-hydrogen) atoms. The molecular weight excluding hydrogens is 287 g/mol. The highest BCUT2D eigenvalue weighted by atomic mass is 19.1. The molecule has 2 N–H and O–H groups in total. The molecule has 0 radical (unpaired) electrons. The Balaban J connectivity index is 1.94. The number of carbonyl (C=O) groups excluding carboxylic acids is 2. The number of nitrogens with zero attached hydrogens (tertiary/aromatic N) is 1. The van der Waals surface area contributed by atoms with Gasteiger partial charge >= 0.3 is 11.8 Å². The number of hydrogen-bond donors (Lipinski definition) is 2.